The number of fused-ring (bicyclic) bond motifs is 1. The first-order valence-electron chi connectivity index (χ1n) is 9.30. The Bertz CT molecular complexity index is 1190. The quantitative estimate of drug-likeness (QED) is 0.347. The minimum absolute atomic E-state index is 0.251. The van der Waals surface area contributed by atoms with E-state index < -0.39 is 12.1 Å². The number of hydrogen-bond donors (Lipinski definition) is 0. The van der Waals surface area contributed by atoms with Crippen molar-refractivity contribution in [2.45, 2.75) is 20.0 Å². The van der Waals surface area contributed by atoms with Crippen LogP contribution in [0.5, 0.6) is 0 Å². The molecule has 29 heavy (non-hydrogen) atoms. The molecular formula is C24H19NO4. The molecule has 1 atom stereocenters. The van der Waals surface area contributed by atoms with Crippen molar-refractivity contribution < 1.29 is 18.7 Å². The topological polar surface area (TPSA) is 69.4 Å². The number of Topliss-reactive ketones (excluding diaryl/α,β-unsaturated/α-hetero) is 1. The van der Waals surface area contributed by atoms with E-state index in [0.29, 0.717) is 33.5 Å². The highest BCUT2D eigenvalue weighted by Gasteiger charge is 2.23. The predicted octanol–water partition coefficient (Wildman–Crippen LogP) is 5.23. The summed E-state index contributed by atoms with van der Waals surface area (Å²) >= 11 is 0. The number of esters is 1. The van der Waals surface area contributed by atoms with Gasteiger partial charge in [0, 0.05) is 10.9 Å². The second kappa shape index (κ2) is 7.72. The number of aryl methyl sites for hydroxylation is 1. The van der Waals surface area contributed by atoms with Crippen molar-refractivity contribution in [1.29, 1.82) is 0 Å². The lowest BCUT2D eigenvalue weighted by atomic mass is 10.1. The third-order valence-corrected chi connectivity index (χ3v) is 4.64. The number of ketones is 1. The Hall–Kier alpha value is -3.73. The molecule has 0 aliphatic heterocycles. The number of pyridine rings is 1. The highest BCUT2D eigenvalue weighted by atomic mass is 16.5. The van der Waals surface area contributed by atoms with Crippen LogP contribution in [0.25, 0.3) is 22.4 Å². The molecule has 0 bridgehead atoms. The van der Waals surface area contributed by atoms with Crippen LogP contribution in [0.1, 0.15) is 33.4 Å². The van der Waals surface area contributed by atoms with Gasteiger partial charge in [0.15, 0.2) is 11.9 Å². The molecule has 5 nitrogen and oxygen atoms in total. The summed E-state index contributed by atoms with van der Waals surface area (Å²) in [4.78, 5) is 30.1. The molecule has 144 valence electrons. The summed E-state index contributed by atoms with van der Waals surface area (Å²) in [6, 6.07) is 21.4. The first-order valence-corrected chi connectivity index (χ1v) is 9.30. The van der Waals surface area contributed by atoms with Gasteiger partial charge in [-0.1, -0.05) is 48.5 Å². The van der Waals surface area contributed by atoms with E-state index in [2.05, 4.69) is 4.98 Å². The smallest absolute Gasteiger partial charge is 0.339 e. The van der Waals surface area contributed by atoms with Gasteiger partial charge in [-0.25, -0.2) is 9.78 Å². The first-order chi connectivity index (χ1) is 14.0. The molecule has 2 aromatic carbocycles. The Morgan fingerprint density at radius 3 is 2.41 bits per heavy atom. The number of aromatic nitrogens is 1. The number of carbonyl (C=O) groups is 2. The van der Waals surface area contributed by atoms with Crippen molar-refractivity contribution in [1.82, 2.24) is 4.98 Å². The third-order valence-electron chi connectivity index (χ3n) is 4.64. The number of nitrogens with zero attached hydrogens (tertiary/aromatic N) is 1. The molecule has 0 aliphatic rings. The highest BCUT2D eigenvalue weighted by molar-refractivity contribution is 6.06. The largest absolute Gasteiger partial charge is 0.460 e. The maximum Gasteiger partial charge on any atom is 0.339 e. The summed E-state index contributed by atoms with van der Waals surface area (Å²) in [6.45, 7) is 3.42. The third kappa shape index (κ3) is 3.80. The molecule has 0 amide bonds. The van der Waals surface area contributed by atoms with Gasteiger partial charge in [0.05, 0.1) is 11.1 Å². The zero-order valence-corrected chi connectivity index (χ0v) is 16.1. The molecule has 0 saturated heterocycles. The lowest BCUT2D eigenvalue weighted by Gasteiger charge is -2.14. The van der Waals surface area contributed by atoms with Crippen LogP contribution in [0.15, 0.2) is 77.2 Å². The van der Waals surface area contributed by atoms with E-state index in [1.165, 1.54) is 0 Å². The lowest BCUT2D eigenvalue weighted by molar-refractivity contribution is 0.0320. The van der Waals surface area contributed by atoms with Gasteiger partial charge in [-0.05, 0) is 38.1 Å². The molecule has 5 heteroatoms. The highest BCUT2D eigenvalue weighted by Crippen LogP contribution is 2.27. The summed E-state index contributed by atoms with van der Waals surface area (Å²) in [5.41, 5.74) is 2.02. The summed E-state index contributed by atoms with van der Waals surface area (Å²) in [5, 5.41) is 0.656. The molecule has 0 fully saturated rings. The van der Waals surface area contributed by atoms with Crippen molar-refractivity contribution in [3.8, 4) is 11.5 Å². The fraction of sp³-hybridized carbons (Fsp3) is 0.125. The number of para-hydroxylation sites is 1. The van der Waals surface area contributed by atoms with Gasteiger partial charge in [-0.3, -0.25) is 4.79 Å². The molecule has 2 aromatic heterocycles. The minimum Gasteiger partial charge on any atom is -0.460 e. The number of furan rings is 1. The molecule has 2 heterocycles. The van der Waals surface area contributed by atoms with E-state index in [0.717, 1.165) is 5.76 Å². The van der Waals surface area contributed by atoms with Crippen molar-refractivity contribution in [3.05, 3.63) is 89.7 Å². The summed E-state index contributed by atoms with van der Waals surface area (Å²) in [7, 11) is 0. The van der Waals surface area contributed by atoms with Crippen LogP contribution < -0.4 is 0 Å². The maximum atomic E-state index is 13.0. The lowest BCUT2D eigenvalue weighted by Crippen LogP contribution is -2.24. The van der Waals surface area contributed by atoms with Crippen LogP contribution in [-0.4, -0.2) is 22.8 Å². The zero-order valence-electron chi connectivity index (χ0n) is 16.1. The van der Waals surface area contributed by atoms with Crippen LogP contribution in [-0.2, 0) is 4.74 Å². The SMILES string of the molecule is Cc1ccc(-c2cc(C(=O)OC(C)C(=O)c3ccccc3)c3ccccc3n2)o1. The van der Waals surface area contributed by atoms with Crippen molar-refractivity contribution in [3.63, 3.8) is 0 Å². The van der Waals surface area contributed by atoms with Crippen LogP contribution in [0.3, 0.4) is 0 Å². The average molecular weight is 385 g/mol. The van der Waals surface area contributed by atoms with Crippen LogP contribution in [0.4, 0.5) is 0 Å². The Balaban J connectivity index is 1.68. The first kappa shape index (κ1) is 18.6. The van der Waals surface area contributed by atoms with Gasteiger partial charge in [0.2, 0.25) is 5.78 Å². The molecule has 4 aromatic rings. The van der Waals surface area contributed by atoms with Crippen LogP contribution in [0.2, 0.25) is 0 Å². The van der Waals surface area contributed by atoms with E-state index >= 15 is 0 Å². The molecule has 0 aliphatic carbocycles. The number of benzene rings is 2. The second-order valence-electron chi connectivity index (χ2n) is 6.76. The summed E-state index contributed by atoms with van der Waals surface area (Å²) in [5.74, 6) is 0.487. The minimum atomic E-state index is -0.911. The predicted molar refractivity (Wildman–Crippen MR) is 110 cm³/mol. The van der Waals surface area contributed by atoms with Crippen LogP contribution >= 0.6 is 0 Å². The van der Waals surface area contributed by atoms with Gasteiger partial charge in [0.25, 0.3) is 0 Å². The Morgan fingerprint density at radius 2 is 1.69 bits per heavy atom. The Labute approximate surface area is 168 Å². The van der Waals surface area contributed by atoms with E-state index in [1.54, 1.807) is 43.3 Å². The van der Waals surface area contributed by atoms with E-state index in [9.17, 15) is 9.59 Å². The normalized spacial score (nSPS) is 11.9. The number of rotatable bonds is 5. The van der Waals surface area contributed by atoms with E-state index in [4.69, 9.17) is 9.15 Å². The van der Waals surface area contributed by atoms with Gasteiger partial charge in [-0.15, -0.1) is 0 Å². The molecule has 0 radical (unpaired) electrons. The Kier molecular flexibility index (Phi) is 4.96. The number of carbonyl (C=O) groups excluding carboxylic acids is 2. The fourth-order valence-corrected chi connectivity index (χ4v) is 3.16. The number of ether oxygens (including phenoxy) is 1. The second-order valence-corrected chi connectivity index (χ2v) is 6.76. The zero-order chi connectivity index (χ0) is 20.4. The van der Waals surface area contributed by atoms with Gasteiger partial charge < -0.3 is 9.15 Å². The molecular weight excluding hydrogens is 366 g/mol. The standard InChI is InChI=1S/C24H19NO4/c1-15-12-13-22(28-15)21-14-19(18-10-6-7-11-20(18)25-21)24(27)29-16(2)23(26)17-8-4-3-5-9-17/h3-14,16H,1-2H3. The van der Waals surface area contributed by atoms with Crippen molar-refractivity contribution in [2.24, 2.45) is 0 Å². The van der Waals surface area contributed by atoms with E-state index in [1.807, 2.05) is 43.3 Å². The van der Waals surface area contributed by atoms with Crippen LogP contribution in [0, 0.1) is 6.92 Å². The van der Waals surface area contributed by atoms with Crippen molar-refractivity contribution in [2.75, 3.05) is 0 Å². The summed E-state index contributed by atoms with van der Waals surface area (Å²) in [6.07, 6.45) is -0.911. The summed E-state index contributed by atoms with van der Waals surface area (Å²) < 4.78 is 11.2. The van der Waals surface area contributed by atoms with Gasteiger partial charge >= 0.3 is 5.97 Å². The molecule has 0 spiro atoms. The van der Waals surface area contributed by atoms with Crippen molar-refractivity contribution >= 4 is 22.7 Å². The van der Waals surface area contributed by atoms with E-state index in [-0.39, 0.29) is 5.78 Å². The number of hydrogen-bond acceptors (Lipinski definition) is 5. The molecule has 0 N–H and O–H groups in total. The van der Waals surface area contributed by atoms with Gasteiger partial charge in [0.1, 0.15) is 11.5 Å². The maximum absolute atomic E-state index is 13.0. The molecule has 4 rings (SSSR count). The van der Waals surface area contributed by atoms with Gasteiger partial charge in [-0.2, -0.15) is 0 Å². The molecule has 0 saturated carbocycles. The molecule has 1 unspecified atom stereocenters. The average Bonchev–Trinajstić information content (AvgIpc) is 3.19. The Morgan fingerprint density at radius 1 is 0.966 bits per heavy atom. The monoisotopic (exact) mass is 385 g/mol. The fourth-order valence-electron chi connectivity index (χ4n) is 3.16.